The van der Waals surface area contributed by atoms with Crippen LogP contribution >= 0.6 is 0 Å². The lowest BCUT2D eigenvalue weighted by molar-refractivity contribution is -0.139. The van der Waals surface area contributed by atoms with E-state index in [-0.39, 0.29) is 43.1 Å². The topological polar surface area (TPSA) is 66.9 Å². The van der Waals surface area contributed by atoms with Gasteiger partial charge in [-0.2, -0.15) is 0 Å². The Morgan fingerprint density at radius 2 is 1.66 bits per heavy atom. The number of ether oxygens (including phenoxy) is 1. The van der Waals surface area contributed by atoms with Gasteiger partial charge in [-0.1, -0.05) is 24.3 Å². The zero-order valence-corrected chi connectivity index (χ0v) is 16.5. The van der Waals surface area contributed by atoms with Crippen molar-refractivity contribution in [3.05, 3.63) is 65.2 Å². The maximum atomic E-state index is 13.1. The van der Waals surface area contributed by atoms with Crippen molar-refractivity contribution in [1.82, 2.24) is 9.80 Å². The van der Waals surface area contributed by atoms with Crippen LogP contribution in [0.5, 0.6) is 5.75 Å². The second kappa shape index (κ2) is 8.07. The fourth-order valence-corrected chi connectivity index (χ4v) is 4.08. The van der Waals surface area contributed by atoms with Crippen molar-refractivity contribution in [3.63, 3.8) is 0 Å². The molecule has 29 heavy (non-hydrogen) atoms. The van der Waals surface area contributed by atoms with E-state index in [1.54, 1.807) is 19.2 Å². The zero-order chi connectivity index (χ0) is 20.4. The first-order valence-electron chi connectivity index (χ1n) is 9.94. The van der Waals surface area contributed by atoms with Gasteiger partial charge in [-0.15, -0.1) is 0 Å². The van der Waals surface area contributed by atoms with Gasteiger partial charge in [0, 0.05) is 24.9 Å². The number of rotatable bonds is 5. The predicted molar refractivity (Wildman–Crippen MR) is 107 cm³/mol. The van der Waals surface area contributed by atoms with Crippen molar-refractivity contribution in [2.45, 2.75) is 38.3 Å². The average molecular weight is 392 g/mol. The lowest BCUT2D eigenvalue weighted by Crippen LogP contribution is -2.30. The van der Waals surface area contributed by atoms with E-state index in [1.165, 1.54) is 4.90 Å². The summed E-state index contributed by atoms with van der Waals surface area (Å²) in [5.74, 6) is 0.544. The van der Waals surface area contributed by atoms with Gasteiger partial charge in [0.25, 0.3) is 5.91 Å². The summed E-state index contributed by atoms with van der Waals surface area (Å²) >= 11 is 0. The van der Waals surface area contributed by atoms with Crippen molar-refractivity contribution < 1.29 is 19.1 Å². The van der Waals surface area contributed by atoms with Crippen LogP contribution in [-0.4, -0.2) is 41.2 Å². The summed E-state index contributed by atoms with van der Waals surface area (Å²) in [6.45, 7) is 0.998. The smallest absolute Gasteiger partial charge is 0.254 e. The molecule has 4 rings (SSSR count). The number of carbonyl (C=O) groups excluding carboxylic acids is 3. The van der Waals surface area contributed by atoms with Gasteiger partial charge >= 0.3 is 0 Å². The van der Waals surface area contributed by atoms with Gasteiger partial charge in [-0.3, -0.25) is 19.3 Å². The SMILES string of the molecule is COc1ccc(C2CCCN2C(=O)c2ccc(CN3C(=O)CCC3=O)cc2)cc1. The molecule has 3 amide bonds. The van der Waals surface area contributed by atoms with Crippen molar-refractivity contribution >= 4 is 17.7 Å². The molecule has 0 bridgehead atoms. The first-order valence-corrected chi connectivity index (χ1v) is 9.94. The Morgan fingerprint density at radius 3 is 2.28 bits per heavy atom. The van der Waals surface area contributed by atoms with E-state index >= 15 is 0 Å². The Bertz CT molecular complexity index is 905. The van der Waals surface area contributed by atoms with Crippen LogP contribution in [0.15, 0.2) is 48.5 Å². The van der Waals surface area contributed by atoms with Gasteiger partial charge in [0.15, 0.2) is 0 Å². The Balaban J connectivity index is 1.46. The van der Waals surface area contributed by atoms with Crippen LogP contribution in [0.3, 0.4) is 0 Å². The summed E-state index contributed by atoms with van der Waals surface area (Å²) in [7, 11) is 1.64. The van der Waals surface area contributed by atoms with Crippen LogP contribution in [0.4, 0.5) is 0 Å². The minimum Gasteiger partial charge on any atom is -0.497 e. The quantitative estimate of drug-likeness (QED) is 0.732. The number of hydrogen-bond acceptors (Lipinski definition) is 4. The molecule has 0 spiro atoms. The number of nitrogens with zero attached hydrogens (tertiary/aromatic N) is 2. The number of benzene rings is 2. The van der Waals surface area contributed by atoms with Gasteiger partial charge in [0.1, 0.15) is 5.75 Å². The molecule has 2 fully saturated rings. The van der Waals surface area contributed by atoms with Crippen molar-refractivity contribution in [2.75, 3.05) is 13.7 Å². The predicted octanol–water partition coefficient (Wildman–Crippen LogP) is 3.32. The molecular weight excluding hydrogens is 368 g/mol. The van der Waals surface area contributed by atoms with Crippen molar-refractivity contribution in [3.8, 4) is 5.75 Å². The Morgan fingerprint density at radius 1 is 1.00 bits per heavy atom. The summed E-state index contributed by atoms with van der Waals surface area (Å²) in [5.41, 5.74) is 2.57. The molecule has 1 atom stereocenters. The maximum Gasteiger partial charge on any atom is 0.254 e. The Labute approximate surface area is 170 Å². The third kappa shape index (κ3) is 3.88. The second-order valence-corrected chi connectivity index (χ2v) is 7.50. The Hall–Kier alpha value is -3.15. The number of amides is 3. The van der Waals surface area contributed by atoms with E-state index < -0.39 is 0 Å². The van der Waals surface area contributed by atoms with Crippen LogP contribution in [0, 0.1) is 0 Å². The number of carbonyl (C=O) groups is 3. The van der Waals surface area contributed by atoms with E-state index in [1.807, 2.05) is 41.3 Å². The van der Waals surface area contributed by atoms with Gasteiger partial charge < -0.3 is 9.64 Å². The summed E-state index contributed by atoms with van der Waals surface area (Å²) in [6.07, 6.45) is 2.49. The Kier molecular flexibility index (Phi) is 5.34. The molecule has 1 unspecified atom stereocenters. The van der Waals surface area contributed by atoms with E-state index in [9.17, 15) is 14.4 Å². The normalized spacial score (nSPS) is 19.1. The molecule has 0 saturated carbocycles. The lowest BCUT2D eigenvalue weighted by atomic mass is 10.0. The van der Waals surface area contributed by atoms with Gasteiger partial charge in [-0.25, -0.2) is 0 Å². The van der Waals surface area contributed by atoms with E-state index in [4.69, 9.17) is 4.74 Å². The molecule has 0 radical (unpaired) electrons. The summed E-state index contributed by atoms with van der Waals surface area (Å²) in [6, 6.07) is 15.2. The molecule has 0 N–H and O–H groups in total. The zero-order valence-electron chi connectivity index (χ0n) is 16.5. The molecule has 2 aliphatic rings. The summed E-state index contributed by atoms with van der Waals surface area (Å²) in [5, 5.41) is 0. The van der Waals surface area contributed by atoms with Crippen LogP contribution in [0.2, 0.25) is 0 Å². The molecule has 0 aromatic heterocycles. The van der Waals surface area contributed by atoms with Crippen molar-refractivity contribution in [1.29, 1.82) is 0 Å². The molecule has 2 aromatic rings. The summed E-state index contributed by atoms with van der Waals surface area (Å²) in [4.78, 5) is 39.9. The highest BCUT2D eigenvalue weighted by Gasteiger charge is 2.31. The van der Waals surface area contributed by atoms with E-state index in [0.717, 1.165) is 36.3 Å². The van der Waals surface area contributed by atoms with Crippen LogP contribution < -0.4 is 4.74 Å². The standard InChI is InChI=1S/C23H24N2O4/c1-29-19-10-8-17(9-11-19)20-3-2-14-24(20)23(28)18-6-4-16(5-7-18)15-25-21(26)12-13-22(25)27/h4-11,20H,2-3,12-15H2,1H3. The highest BCUT2D eigenvalue weighted by atomic mass is 16.5. The van der Waals surface area contributed by atoms with Gasteiger partial charge in [0.2, 0.25) is 11.8 Å². The van der Waals surface area contributed by atoms with Gasteiger partial charge in [0.05, 0.1) is 19.7 Å². The summed E-state index contributed by atoms with van der Waals surface area (Å²) < 4.78 is 5.22. The molecule has 2 saturated heterocycles. The third-order valence-electron chi connectivity index (χ3n) is 5.71. The minimum absolute atomic E-state index is 0.00296. The van der Waals surface area contributed by atoms with E-state index in [2.05, 4.69) is 0 Å². The first-order chi connectivity index (χ1) is 14.1. The number of hydrogen-bond donors (Lipinski definition) is 0. The first kappa shape index (κ1) is 19.2. The van der Waals surface area contributed by atoms with Crippen LogP contribution in [-0.2, 0) is 16.1 Å². The number of likely N-dealkylation sites (tertiary alicyclic amines) is 2. The van der Waals surface area contributed by atoms with Crippen LogP contribution in [0.25, 0.3) is 0 Å². The molecule has 150 valence electrons. The molecule has 2 aromatic carbocycles. The molecule has 6 nitrogen and oxygen atoms in total. The molecular formula is C23H24N2O4. The minimum atomic E-state index is -0.130. The third-order valence-corrected chi connectivity index (χ3v) is 5.71. The molecule has 0 aliphatic carbocycles. The maximum absolute atomic E-state index is 13.1. The second-order valence-electron chi connectivity index (χ2n) is 7.50. The largest absolute Gasteiger partial charge is 0.497 e. The van der Waals surface area contributed by atoms with Gasteiger partial charge in [-0.05, 0) is 48.2 Å². The fraction of sp³-hybridized carbons (Fsp3) is 0.348. The number of methoxy groups -OCH3 is 1. The lowest BCUT2D eigenvalue weighted by Gasteiger charge is -2.25. The molecule has 2 heterocycles. The number of imide groups is 1. The van der Waals surface area contributed by atoms with E-state index in [0.29, 0.717) is 5.56 Å². The highest BCUT2D eigenvalue weighted by Crippen LogP contribution is 2.34. The monoisotopic (exact) mass is 392 g/mol. The average Bonchev–Trinajstić information content (AvgIpc) is 3.36. The molecule has 6 heteroatoms. The fourth-order valence-electron chi connectivity index (χ4n) is 4.08. The highest BCUT2D eigenvalue weighted by molar-refractivity contribution is 6.01. The van der Waals surface area contributed by atoms with Crippen LogP contribution in [0.1, 0.15) is 53.2 Å². The molecule has 2 aliphatic heterocycles. The van der Waals surface area contributed by atoms with Crippen molar-refractivity contribution in [2.24, 2.45) is 0 Å².